The van der Waals surface area contributed by atoms with Crippen LogP contribution in [-0.2, 0) is 22.7 Å². The van der Waals surface area contributed by atoms with Crippen molar-refractivity contribution < 1.29 is 18.8 Å². The van der Waals surface area contributed by atoms with Gasteiger partial charge in [0.25, 0.3) is 5.91 Å². The number of carbonyl (C=O) groups excluding carboxylic acids is 3. The number of anilines is 1. The van der Waals surface area contributed by atoms with Crippen LogP contribution in [0, 0.1) is 5.82 Å². The first kappa shape index (κ1) is 24.0. The Bertz CT molecular complexity index is 1330. The second kappa shape index (κ2) is 9.37. The average Bonchev–Trinajstić information content (AvgIpc) is 3.14. The number of rotatable bonds is 5. The molecule has 1 unspecified atom stereocenters. The molecule has 1 aliphatic carbocycles. The average molecular weight is 492 g/mol. The Morgan fingerprint density at radius 3 is 2.64 bits per heavy atom. The standard InChI is InChI=1S/C27H30FN5O3/c1-17(34)30-23-21-14-18(28)11-12-22(21)32-16-27(2,26(36)31-19-8-4-3-5-9-19)33(25(35)24(23)32)15-20-10-6-7-13-29-20/h6-7,10-14,19H,3-5,8-9,15-16H2,1-2H3,(H,30,34)(H,31,36). The molecule has 3 aromatic rings. The van der Waals surface area contributed by atoms with Gasteiger partial charge in [0, 0.05) is 24.5 Å². The highest BCUT2D eigenvalue weighted by Gasteiger charge is 2.49. The smallest absolute Gasteiger partial charge is 0.274 e. The molecule has 5 rings (SSSR count). The Hall–Kier alpha value is -3.75. The molecule has 0 bridgehead atoms. The molecule has 2 aliphatic rings. The van der Waals surface area contributed by atoms with Gasteiger partial charge in [-0.2, -0.15) is 0 Å². The maximum Gasteiger partial charge on any atom is 0.274 e. The maximum atomic E-state index is 14.2. The number of pyridine rings is 1. The van der Waals surface area contributed by atoms with Gasteiger partial charge in [-0.05, 0) is 50.1 Å². The minimum atomic E-state index is -1.23. The molecule has 1 aromatic carbocycles. The van der Waals surface area contributed by atoms with Crippen molar-refractivity contribution in [2.24, 2.45) is 0 Å². The molecule has 1 saturated carbocycles. The predicted octanol–water partition coefficient (Wildman–Crippen LogP) is 4.00. The number of carbonyl (C=O) groups is 3. The first-order valence-electron chi connectivity index (χ1n) is 12.4. The van der Waals surface area contributed by atoms with E-state index >= 15 is 0 Å². The normalized spacial score (nSPS) is 20.3. The van der Waals surface area contributed by atoms with Gasteiger partial charge in [0.1, 0.15) is 17.1 Å². The van der Waals surface area contributed by atoms with E-state index in [2.05, 4.69) is 15.6 Å². The van der Waals surface area contributed by atoms with E-state index in [9.17, 15) is 18.8 Å². The largest absolute Gasteiger partial charge is 0.351 e. The number of amides is 3. The van der Waals surface area contributed by atoms with Crippen LogP contribution in [-0.4, -0.2) is 43.8 Å². The van der Waals surface area contributed by atoms with Crippen LogP contribution >= 0.6 is 0 Å². The number of hydrogen-bond acceptors (Lipinski definition) is 4. The molecular weight excluding hydrogens is 461 g/mol. The van der Waals surface area contributed by atoms with Gasteiger partial charge in [0.2, 0.25) is 11.8 Å². The van der Waals surface area contributed by atoms with Gasteiger partial charge >= 0.3 is 0 Å². The molecule has 3 heterocycles. The Balaban J connectivity index is 1.64. The Morgan fingerprint density at radius 1 is 1.17 bits per heavy atom. The fourth-order valence-corrected chi connectivity index (χ4v) is 5.44. The molecule has 2 N–H and O–H groups in total. The molecule has 8 nitrogen and oxygen atoms in total. The highest BCUT2D eigenvalue weighted by atomic mass is 19.1. The zero-order valence-electron chi connectivity index (χ0n) is 20.5. The summed E-state index contributed by atoms with van der Waals surface area (Å²) >= 11 is 0. The van der Waals surface area contributed by atoms with Crippen LogP contribution in [0.3, 0.4) is 0 Å². The quantitative estimate of drug-likeness (QED) is 0.564. The van der Waals surface area contributed by atoms with Gasteiger partial charge in [0.15, 0.2) is 0 Å². The minimum absolute atomic E-state index is 0.0710. The van der Waals surface area contributed by atoms with Crippen LogP contribution in [0.25, 0.3) is 10.9 Å². The van der Waals surface area contributed by atoms with Crippen molar-refractivity contribution in [1.29, 1.82) is 0 Å². The molecule has 9 heteroatoms. The number of halogens is 1. The molecule has 36 heavy (non-hydrogen) atoms. The summed E-state index contributed by atoms with van der Waals surface area (Å²) in [4.78, 5) is 45.9. The van der Waals surface area contributed by atoms with E-state index in [0.717, 1.165) is 32.1 Å². The summed E-state index contributed by atoms with van der Waals surface area (Å²) in [5.41, 5.74) is 0.469. The van der Waals surface area contributed by atoms with Gasteiger partial charge in [-0.1, -0.05) is 25.3 Å². The topological polar surface area (TPSA) is 96.3 Å². The van der Waals surface area contributed by atoms with E-state index < -0.39 is 17.3 Å². The van der Waals surface area contributed by atoms with Crippen molar-refractivity contribution in [2.75, 3.05) is 5.32 Å². The van der Waals surface area contributed by atoms with E-state index in [1.54, 1.807) is 35.9 Å². The van der Waals surface area contributed by atoms with Crippen molar-refractivity contribution in [1.82, 2.24) is 19.8 Å². The van der Waals surface area contributed by atoms with E-state index in [4.69, 9.17) is 0 Å². The molecule has 0 radical (unpaired) electrons. The lowest BCUT2D eigenvalue weighted by Gasteiger charge is -2.45. The highest BCUT2D eigenvalue weighted by molar-refractivity contribution is 6.14. The lowest BCUT2D eigenvalue weighted by atomic mass is 9.91. The number of hydrogen-bond donors (Lipinski definition) is 2. The second-order valence-electron chi connectivity index (χ2n) is 9.95. The third-order valence-electron chi connectivity index (χ3n) is 7.31. The second-order valence-corrected chi connectivity index (χ2v) is 9.95. The third-order valence-corrected chi connectivity index (χ3v) is 7.31. The van der Waals surface area contributed by atoms with Crippen molar-refractivity contribution in [3.05, 3.63) is 59.8 Å². The van der Waals surface area contributed by atoms with Crippen LogP contribution in [0.4, 0.5) is 10.1 Å². The SMILES string of the molecule is CC(=O)Nc1c2n(c3ccc(F)cc13)CC(C)(C(=O)NC1CCCCC1)N(Cc1ccccn1)C2=O. The monoisotopic (exact) mass is 491 g/mol. The first-order valence-corrected chi connectivity index (χ1v) is 12.4. The van der Waals surface area contributed by atoms with E-state index in [0.29, 0.717) is 16.6 Å². The van der Waals surface area contributed by atoms with E-state index in [1.165, 1.54) is 24.0 Å². The molecule has 0 spiro atoms. The summed E-state index contributed by atoms with van der Waals surface area (Å²) in [6, 6.07) is 9.71. The van der Waals surface area contributed by atoms with Crippen molar-refractivity contribution in [3.63, 3.8) is 0 Å². The summed E-state index contributed by atoms with van der Waals surface area (Å²) < 4.78 is 16.0. The summed E-state index contributed by atoms with van der Waals surface area (Å²) in [7, 11) is 0. The minimum Gasteiger partial charge on any atom is -0.351 e. The summed E-state index contributed by atoms with van der Waals surface area (Å²) in [6.45, 7) is 3.38. The Kier molecular flexibility index (Phi) is 6.24. The number of nitrogens with zero attached hydrogens (tertiary/aromatic N) is 3. The van der Waals surface area contributed by atoms with E-state index in [-0.39, 0.29) is 42.3 Å². The lowest BCUT2D eigenvalue weighted by Crippen LogP contribution is -2.64. The van der Waals surface area contributed by atoms with Crippen LogP contribution < -0.4 is 10.6 Å². The van der Waals surface area contributed by atoms with Crippen LogP contribution in [0.2, 0.25) is 0 Å². The molecule has 3 amide bonds. The first-order chi connectivity index (χ1) is 17.3. The predicted molar refractivity (Wildman–Crippen MR) is 134 cm³/mol. The molecule has 1 atom stereocenters. The van der Waals surface area contributed by atoms with Gasteiger partial charge in [-0.3, -0.25) is 19.4 Å². The van der Waals surface area contributed by atoms with Crippen molar-refractivity contribution in [3.8, 4) is 0 Å². The van der Waals surface area contributed by atoms with Crippen LogP contribution in [0.15, 0.2) is 42.6 Å². The molecule has 1 aliphatic heterocycles. The zero-order valence-corrected chi connectivity index (χ0v) is 20.5. The van der Waals surface area contributed by atoms with Gasteiger partial charge < -0.3 is 20.1 Å². The number of fused-ring (bicyclic) bond motifs is 3. The molecule has 0 saturated heterocycles. The fourth-order valence-electron chi connectivity index (χ4n) is 5.44. The molecule has 2 aromatic heterocycles. The summed E-state index contributed by atoms with van der Waals surface area (Å²) in [5, 5.41) is 6.35. The number of aromatic nitrogens is 2. The van der Waals surface area contributed by atoms with Crippen molar-refractivity contribution >= 4 is 34.3 Å². The van der Waals surface area contributed by atoms with Crippen LogP contribution in [0.5, 0.6) is 0 Å². The summed E-state index contributed by atoms with van der Waals surface area (Å²) in [5.74, 6) is -1.50. The molecular formula is C27H30FN5O3. The highest BCUT2D eigenvalue weighted by Crippen LogP contribution is 2.39. The van der Waals surface area contributed by atoms with Gasteiger partial charge in [-0.25, -0.2) is 4.39 Å². The number of benzene rings is 1. The Morgan fingerprint density at radius 2 is 1.94 bits per heavy atom. The summed E-state index contributed by atoms with van der Waals surface area (Å²) in [6.07, 6.45) is 6.77. The fraction of sp³-hybridized carbons (Fsp3) is 0.407. The van der Waals surface area contributed by atoms with Crippen molar-refractivity contribution in [2.45, 2.75) is 70.6 Å². The molecule has 1 fully saturated rings. The van der Waals surface area contributed by atoms with Gasteiger partial charge in [0.05, 0.1) is 30.0 Å². The third kappa shape index (κ3) is 4.23. The zero-order chi connectivity index (χ0) is 25.4. The van der Waals surface area contributed by atoms with Gasteiger partial charge in [-0.15, -0.1) is 0 Å². The van der Waals surface area contributed by atoms with E-state index in [1.807, 2.05) is 6.07 Å². The molecule has 188 valence electrons. The number of nitrogens with one attached hydrogen (secondary N) is 2. The lowest BCUT2D eigenvalue weighted by molar-refractivity contribution is -0.134. The Labute approximate surface area is 208 Å². The maximum absolute atomic E-state index is 14.2. The van der Waals surface area contributed by atoms with Crippen LogP contribution in [0.1, 0.15) is 62.1 Å².